The fourth-order valence-corrected chi connectivity index (χ4v) is 6.55. The third-order valence-electron chi connectivity index (χ3n) is 7.20. The zero-order valence-corrected chi connectivity index (χ0v) is 22.8. The number of likely N-dealkylation sites (tertiary alicyclic amines) is 1. The molecule has 2 heterocycles. The summed E-state index contributed by atoms with van der Waals surface area (Å²) in [6, 6.07) is 20.4. The van der Waals surface area contributed by atoms with Crippen molar-refractivity contribution in [1.82, 2.24) is 10.2 Å². The highest BCUT2D eigenvalue weighted by Crippen LogP contribution is 2.37. The van der Waals surface area contributed by atoms with Crippen molar-refractivity contribution in [2.45, 2.75) is 57.2 Å². The Kier molecular flexibility index (Phi) is 7.72. The number of fused-ring (bicyclic) bond motifs is 1. The van der Waals surface area contributed by atoms with Crippen molar-refractivity contribution in [2.75, 3.05) is 23.9 Å². The minimum absolute atomic E-state index is 0.104. The average molecular weight is 534 g/mol. The molecule has 3 aromatic rings. The highest BCUT2D eigenvalue weighted by atomic mass is 32.2. The summed E-state index contributed by atoms with van der Waals surface area (Å²) in [4.78, 5) is 15.9. The summed E-state index contributed by atoms with van der Waals surface area (Å²) in [7, 11) is -3.89. The molecular weight excluding hydrogens is 498 g/mol. The number of anilines is 1. The van der Waals surface area contributed by atoms with E-state index in [1.54, 1.807) is 36.4 Å². The molecule has 200 valence electrons. The van der Waals surface area contributed by atoms with Gasteiger partial charge in [-0.25, -0.2) is 8.42 Å². The van der Waals surface area contributed by atoms with E-state index in [-0.39, 0.29) is 17.3 Å². The lowest BCUT2D eigenvalue weighted by atomic mass is 10.1. The van der Waals surface area contributed by atoms with E-state index in [1.807, 2.05) is 32.0 Å². The summed E-state index contributed by atoms with van der Waals surface area (Å²) < 4.78 is 34.6. The normalized spacial score (nSPS) is 17.9. The zero-order chi connectivity index (χ0) is 26.7. The molecule has 0 bridgehead atoms. The predicted octanol–water partition coefficient (Wildman–Crippen LogP) is 4.56. The van der Waals surface area contributed by atoms with Crippen LogP contribution >= 0.6 is 0 Å². The van der Waals surface area contributed by atoms with Gasteiger partial charge in [0.05, 0.1) is 17.1 Å². The molecule has 2 aliphatic rings. The number of carbonyl (C=O) groups is 1. The Morgan fingerprint density at radius 1 is 0.921 bits per heavy atom. The molecule has 5 rings (SSSR count). The number of ether oxygens (including phenoxy) is 1. The van der Waals surface area contributed by atoms with Gasteiger partial charge < -0.3 is 10.1 Å². The first-order chi connectivity index (χ1) is 18.3. The average Bonchev–Trinajstić information content (AvgIpc) is 2.92. The number of hydrogen-bond acceptors (Lipinski definition) is 5. The van der Waals surface area contributed by atoms with Crippen LogP contribution in [0.1, 0.15) is 41.5 Å². The van der Waals surface area contributed by atoms with Crippen molar-refractivity contribution in [3.8, 4) is 5.75 Å². The minimum Gasteiger partial charge on any atom is -0.476 e. The van der Waals surface area contributed by atoms with Gasteiger partial charge in [0.2, 0.25) is 0 Å². The Morgan fingerprint density at radius 3 is 2.39 bits per heavy atom. The monoisotopic (exact) mass is 533 g/mol. The minimum atomic E-state index is -3.89. The van der Waals surface area contributed by atoms with Gasteiger partial charge in [0.1, 0.15) is 5.75 Å². The first kappa shape index (κ1) is 26.3. The van der Waals surface area contributed by atoms with Crippen LogP contribution in [0.15, 0.2) is 71.6 Å². The molecule has 8 heteroatoms. The van der Waals surface area contributed by atoms with Crippen molar-refractivity contribution in [3.63, 3.8) is 0 Å². The maximum atomic E-state index is 13.7. The number of nitrogens with zero attached hydrogens (tertiary/aromatic N) is 2. The fourth-order valence-electron chi connectivity index (χ4n) is 5.08. The highest BCUT2D eigenvalue weighted by Gasteiger charge is 2.37. The number of nitrogens with one attached hydrogen (secondary N) is 1. The predicted molar refractivity (Wildman–Crippen MR) is 149 cm³/mol. The molecular formula is C30H35N3O4S. The van der Waals surface area contributed by atoms with Crippen LogP contribution in [-0.4, -0.2) is 45.0 Å². The second-order valence-corrected chi connectivity index (χ2v) is 12.2. The summed E-state index contributed by atoms with van der Waals surface area (Å²) in [5.74, 6) is 0.0305. The Hall–Kier alpha value is -3.36. The van der Waals surface area contributed by atoms with Crippen LogP contribution in [0, 0.1) is 13.8 Å². The smallest absolute Gasteiger partial charge is 0.264 e. The standard InChI is InChI=1S/C30H35N3O4S/c1-22-9-12-26(13-10-22)38(35,36)33-21-29(37-28-14-11-23(2)17-27(28)33)30(34)31-19-24-7-6-8-25(18-24)20-32-15-4-3-5-16-32/h6-14,17-18,29H,3-5,15-16,19-21H2,1-2H3,(H,31,34). The fraction of sp³-hybridized carbons (Fsp3) is 0.367. The second kappa shape index (κ2) is 11.2. The van der Waals surface area contributed by atoms with E-state index >= 15 is 0 Å². The van der Waals surface area contributed by atoms with Crippen molar-refractivity contribution < 1.29 is 17.9 Å². The van der Waals surface area contributed by atoms with E-state index in [9.17, 15) is 13.2 Å². The van der Waals surface area contributed by atoms with Gasteiger partial charge in [-0.2, -0.15) is 0 Å². The molecule has 1 atom stereocenters. The second-order valence-electron chi connectivity index (χ2n) is 10.3. The molecule has 0 aromatic heterocycles. The van der Waals surface area contributed by atoms with Crippen LogP contribution in [-0.2, 0) is 27.9 Å². The SMILES string of the molecule is Cc1ccc(S(=O)(=O)N2CC(C(=O)NCc3cccc(CN4CCCCC4)c3)Oc3ccc(C)cc32)cc1. The molecule has 38 heavy (non-hydrogen) atoms. The van der Waals surface area contributed by atoms with Gasteiger partial charge in [0.25, 0.3) is 15.9 Å². The third kappa shape index (κ3) is 5.87. The molecule has 0 saturated carbocycles. The maximum Gasteiger partial charge on any atom is 0.264 e. The summed E-state index contributed by atoms with van der Waals surface area (Å²) in [5, 5.41) is 2.96. The first-order valence-electron chi connectivity index (χ1n) is 13.2. The number of piperidine rings is 1. The van der Waals surface area contributed by atoms with Crippen LogP contribution < -0.4 is 14.4 Å². The largest absolute Gasteiger partial charge is 0.476 e. The topological polar surface area (TPSA) is 79.0 Å². The number of benzene rings is 3. The van der Waals surface area contributed by atoms with Gasteiger partial charge in [-0.1, -0.05) is 54.4 Å². The van der Waals surface area contributed by atoms with E-state index < -0.39 is 16.1 Å². The lowest BCUT2D eigenvalue weighted by molar-refractivity contribution is -0.127. The molecule has 2 aliphatic heterocycles. The van der Waals surface area contributed by atoms with Crippen LogP contribution in [0.5, 0.6) is 5.75 Å². The molecule has 0 spiro atoms. The van der Waals surface area contributed by atoms with E-state index in [1.165, 1.54) is 29.1 Å². The maximum absolute atomic E-state index is 13.7. The third-order valence-corrected chi connectivity index (χ3v) is 8.99. The van der Waals surface area contributed by atoms with Crippen molar-refractivity contribution in [2.24, 2.45) is 0 Å². The van der Waals surface area contributed by atoms with Gasteiger partial charge in [0, 0.05) is 13.1 Å². The molecule has 1 N–H and O–H groups in total. The Balaban J connectivity index is 1.31. The number of rotatable bonds is 7. The number of aryl methyl sites for hydroxylation is 2. The van der Waals surface area contributed by atoms with Crippen LogP contribution in [0.4, 0.5) is 5.69 Å². The van der Waals surface area contributed by atoms with Crippen LogP contribution in [0.2, 0.25) is 0 Å². The Bertz CT molecular complexity index is 1400. The molecule has 1 amide bonds. The molecule has 1 unspecified atom stereocenters. The van der Waals surface area contributed by atoms with Crippen LogP contribution in [0.25, 0.3) is 0 Å². The van der Waals surface area contributed by atoms with E-state index in [0.29, 0.717) is 18.0 Å². The molecule has 0 radical (unpaired) electrons. The van der Waals surface area contributed by atoms with E-state index in [2.05, 4.69) is 22.3 Å². The summed E-state index contributed by atoms with van der Waals surface area (Å²) in [5.41, 5.74) is 4.55. The molecule has 7 nitrogen and oxygen atoms in total. The van der Waals surface area contributed by atoms with Gasteiger partial charge in [-0.3, -0.25) is 14.0 Å². The highest BCUT2D eigenvalue weighted by molar-refractivity contribution is 7.92. The molecule has 1 saturated heterocycles. The lowest BCUT2D eigenvalue weighted by Crippen LogP contribution is -2.50. The van der Waals surface area contributed by atoms with Gasteiger partial charge in [-0.05, 0) is 80.7 Å². The number of amides is 1. The van der Waals surface area contributed by atoms with Crippen molar-refractivity contribution >= 4 is 21.6 Å². The molecule has 1 fully saturated rings. The first-order valence-corrected chi connectivity index (χ1v) is 14.7. The zero-order valence-electron chi connectivity index (χ0n) is 22.0. The van der Waals surface area contributed by atoms with E-state index in [0.717, 1.165) is 36.3 Å². The van der Waals surface area contributed by atoms with Crippen molar-refractivity contribution in [1.29, 1.82) is 0 Å². The summed E-state index contributed by atoms with van der Waals surface area (Å²) in [6.07, 6.45) is 2.83. The van der Waals surface area contributed by atoms with Gasteiger partial charge in [0.15, 0.2) is 6.10 Å². The number of carbonyl (C=O) groups excluding carboxylic acids is 1. The van der Waals surface area contributed by atoms with Crippen molar-refractivity contribution in [3.05, 3.63) is 89.0 Å². The van der Waals surface area contributed by atoms with Gasteiger partial charge in [-0.15, -0.1) is 0 Å². The summed E-state index contributed by atoms with van der Waals surface area (Å²) in [6.45, 7) is 7.22. The molecule has 0 aliphatic carbocycles. The Morgan fingerprint density at radius 2 is 1.63 bits per heavy atom. The quantitative estimate of drug-likeness (QED) is 0.482. The number of sulfonamides is 1. The number of hydrogen-bond donors (Lipinski definition) is 1. The Labute approximate surface area is 225 Å². The van der Waals surface area contributed by atoms with Gasteiger partial charge >= 0.3 is 0 Å². The summed E-state index contributed by atoms with van der Waals surface area (Å²) >= 11 is 0. The van der Waals surface area contributed by atoms with Crippen LogP contribution in [0.3, 0.4) is 0 Å². The lowest BCUT2D eigenvalue weighted by Gasteiger charge is -2.35. The van der Waals surface area contributed by atoms with E-state index in [4.69, 9.17) is 4.74 Å². The molecule has 3 aromatic carbocycles.